The molecule has 1 saturated heterocycles. The molecule has 10 heteroatoms. The van der Waals surface area contributed by atoms with Gasteiger partial charge >= 0.3 is 0 Å². The van der Waals surface area contributed by atoms with Gasteiger partial charge in [-0.1, -0.05) is 19.9 Å². The summed E-state index contributed by atoms with van der Waals surface area (Å²) >= 11 is 0. The second kappa shape index (κ2) is 12.9. The van der Waals surface area contributed by atoms with E-state index in [2.05, 4.69) is 5.32 Å². The van der Waals surface area contributed by atoms with Crippen LogP contribution in [-0.2, 0) is 0 Å². The first kappa shape index (κ1) is 28.6. The summed E-state index contributed by atoms with van der Waals surface area (Å²) in [5.74, 6) is -3.82. The third-order valence-corrected chi connectivity index (χ3v) is 5.53. The molecule has 0 spiro atoms. The van der Waals surface area contributed by atoms with Gasteiger partial charge in [0.25, 0.3) is 5.91 Å². The maximum absolute atomic E-state index is 14.6. The number of nitrogens with zero attached hydrogens (tertiary/aromatic N) is 2. The van der Waals surface area contributed by atoms with Crippen LogP contribution in [0.25, 0.3) is 0 Å². The summed E-state index contributed by atoms with van der Waals surface area (Å²) in [7, 11) is 0. The Bertz CT molecular complexity index is 1000. The van der Waals surface area contributed by atoms with Gasteiger partial charge in [-0.25, -0.2) is 13.2 Å². The zero-order chi connectivity index (χ0) is 26.2. The number of halogens is 3. The molecule has 7 nitrogen and oxygen atoms in total. The minimum atomic E-state index is -1.31. The van der Waals surface area contributed by atoms with Crippen LogP contribution in [0.3, 0.4) is 0 Å². The molecule has 1 aliphatic heterocycles. The van der Waals surface area contributed by atoms with E-state index in [1.165, 1.54) is 17.0 Å². The van der Waals surface area contributed by atoms with Gasteiger partial charge in [0.05, 0.1) is 36.6 Å². The Morgan fingerprint density at radius 3 is 2.34 bits per heavy atom. The highest BCUT2D eigenvalue weighted by Crippen LogP contribution is 2.32. The predicted molar refractivity (Wildman–Crippen MR) is 128 cm³/mol. The van der Waals surface area contributed by atoms with Crippen LogP contribution < -0.4 is 5.32 Å². The number of anilines is 2. The van der Waals surface area contributed by atoms with Crippen molar-refractivity contribution in [3.63, 3.8) is 0 Å². The SMILES string of the molecule is CC.Cc1ccc(Nc2c(C(=O)N3CC(O)(CN(CCO)CCCO)C3)ccc(F)c2F)c(F)c1. The summed E-state index contributed by atoms with van der Waals surface area (Å²) in [4.78, 5) is 16.1. The number of carbonyl (C=O) groups is 1. The molecule has 35 heavy (non-hydrogen) atoms. The van der Waals surface area contributed by atoms with Crippen LogP contribution >= 0.6 is 0 Å². The molecule has 4 N–H and O–H groups in total. The Morgan fingerprint density at radius 1 is 1.06 bits per heavy atom. The number of likely N-dealkylation sites (tertiary alicyclic amines) is 1. The molecule has 0 aliphatic carbocycles. The Balaban J connectivity index is 0.00000210. The fraction of sp³-hybridized carbons (Fsp3) is 0.480. The second-order valence-electron chi connectivity index (χ2n) is 8.35. The number of aliphatic hydroxyl groups is 3. The highest BCUT2D eigenvalue weighted by atomic mass is 19.2. The third kappa shape index (κ3) is 7.17. The molecule has 3 rings (SSSR count). The average molecular weight is 498 g/mol. The molecular formula is C25H34F3N3O4. The maximum Gasteiger partial charge on any atom is 0.256 e. The molecule has 0 saturated carbocycles. The van der Waals surface area contributed by atoms with Gasteiger partial charge in [-0.3, -0.25) is 9.69 Å². The molecule has 0 unspecified atom stereocenters. The van der Waals surface area contributed by atoms with Gasteiger partial charge < -0.3 is 25.5 Å². The van der Waals surface area contributed by atoms with Crippen LogP contribution in [0.2, 0.25) is 0 Å². The average Bonchev–Trinajstić information content (AvgIpc) is 2.81. The van der Waals surface area contributed by atoms with E-state index in [1.54, 1.807) is 17.9 Å². The van der Waals surface area contributed by atoms with Crippen LogP contribution in [-0.4, -0.2) is 82.6 Å². The zero-order valence-corrected chi connectivity index (χ0v) is 20.3. The van der Waals surface area contributed by atoms with Crippen molar-refractivity contribution in [3.8, 4) is 0 Å². The molecule has 2 aromatic rings. The Morgan fingerprint density at radius 2 is 1.74 bits per heavy atom. The van der Waals surface area contributed by atoms with Crippen molar-refractivity contribution in [2.45, 2.75) is 32.8 Å². The molecule has 0 radical (unpaired) electrons. The van der Waals surface area contributed by atoms with E-state index < -0.39 is 34.6 Å². The lowest BCUT2D eigenvalue weighted by molar-refractivity contribution is -0.0990. The van der Waals surface area contributed by atoms with Gasteiger partial charge in [0.1, 0.15) is 11.4 Å². The Labute approximate surface area is 203 Å². The molecule has 1 fully saturated rings. The maximum atomic E-state index is 14.6. The summed E-state index contributed by atoms with van der Waals surface area (Å²) in [6, 6.07) is 6.13. The summed E-state index contributed by atoms with van der Waals surface area (Å²) in [5, 5.41) is 31.5. The zero-order valence-electron chi connectivity index (χ0n) is 20.3. The van der Waals surface area contributed by atoms with Gasteiger partial charge in [-0.2, -0.15) is 0 Å². The summed E-state index contributed by atoms with van der Waals surface area (Å²) in [6.45, 7) is 6.37. The van der Waals surface area contributed by atoms with Crippen LogP contribution in [0.1, 0.15) is 36.2 Å². The van der Waals surface area contributed by atoms with Crippen LogP contribution in [0, 0.1) is 24.4 Å². The van der Waals surface area contributed by atoms with Crippen molar-refractivity contribution >= 4 is 17.3 Å². The van der Waals surface area contributed by atoms with Gasteiger partial charge in [0.15, 0.2) is 11.6 Å². The first-order valence-corrected chi connectivity index (χ1v) is 11.6. The van der Waals surface area contributed by atoms with Crippen LogP contribution in [0.5, 0.6) is 0 Å². The lowest BCUT2D eigenvalue weighted by Gasteiger charge is -2.48. The number of nitrogens with one attached hydrogen (secondary N) is 1. The number of benzene rings is 2. The van der Waals surface area contributed by atoms with Gasteiger partial charge in [-0.05, 0) is 43.2 Å². The highest BCUT2D eigenvalue weighted by Gasteiger charge is 2.45. The van der Waals surface area contributed by atoms with Gasteiger partial charge in [-0.15, -0.1) is 0 Å². The molecule has 2 aromatic carbocycles. The van der Waals surface area contributed by atoms with Crippen molar-refractivity contribution < 1.29 is 33.3 Å². The van der Waals surface area contributed by atoms with Gasteiger partial charge in [0, 0.05) is 26.2 Å². The smallest absolute Gasteiger partial charge is 0.256 e. The summed E-state index contributed by atoms with van der Waals surface area (Å²) < 4.78 is 42.8. The molecule has 0 bridgehead atoms. The van der Waals surface area contributed by atoms with Crippen LogP contribution in [0.4, 0.5) is 24.5 Å². The van der Waals surface area contributed by atoms with E-state index >= 15 is 0 Å². The van der Waals surface area contributed by atoms with Crippen molar-refractivity contribution in [1.82, 2.24) is 9.80 Å². The Hall–Kier alpha value is -2.66. The molecule has 1 heterocycles. The largest absolute Gasteiger partial charge is 0.396 e. The number of hydrogen-bond donors (Lipinski definition) is 4. The number of aliphatic hydroxyl groups excluding tert-OH is 2. The van der Waals surface area contributed by atoms with Crippen molar-refractivity contribution in [1.29, 1.82) is 0 Å². The molecule has 194 valence electrons. The van der Waals surface area contributed by atoms with E-state index in [9.17, 15) is 28.2 Å². The quantitative estimate of drug-likeness (QED) is 0.403. The van der Waals surface area contributed by atoms with E-state index in [4.69, 9.17) is 5.11 Å². The molecule has 1 amide bonds. The molecule has 0 atom stereocenters. The lowest BCUT2D eigenvalue weighted by atomic mass is 9.92. The number of hydrogen-bond acceptors (Lipinski definition) is 6. The van der Waals surface area contributed by atoms with E-state index in [-0.39, 0.29) is 44.1 Å². The summed E-state index contributed by atoms with van der Waals surface area (Å²) in [5.41, 5.74) is -1.38. The van der Waals surface area contributed by atoms with Crippen LogP contribution in [0.15, 0.2) is 30.3 Å². The standard InChI is InChI=1S/C23H28F3N3O4.C2H6/c1-15-3-6-19(18(25)11-15)27-21-16(4-5-17(24)20(21)26)22(32)29-13-23(33,14-29)12-28(8-10-31)7-2-9-30;1-2/h3-6,11,27,30-31,33H,2,7-10,12-14H2,1H3;1-2H3. The third-order valence-electron chi connectivity index (χ3n) is 5.53. The highest BCUT2D eigenvalue weighted by molar-refractivity contribution is 6.01. The van der Waals surface area contributed by atoms with E-state index in [0.717, 1.165) is 12.1 Å². The van der Waals surface area contributed by atoms with E-state index in [1.807, 2.05) is 13.8 Å². The number of amides is 1. The fourth-order valence-corrected chi connectivity index (χ4v) is 3.91. The minimum absolute atomic E-state index is 0.0293. The number of carbonyl (C=O) groups excluding carboxylic acids is 1. The fourth-order valence-electron chi connectivity index (χ4n) is 3.91. The summed E-state index contributed by atoms with van der Waals surface area (Å²) in [6.07, 6.45) is 0.470. The van der Waals surface area contributed by atoms with E-state index in [0.29, 0.717) is 25.1 Å². The minimum Gasteiger partial charge on any atom is -0.396 e. The molecular weight excluding hydrogens is 463 g/mol. The lowest BCUT2D eigenvalue weighted by Crippen LogP contribution is -2.67. The molecule has 1 aliphatic rings. The first-order chi connectivity index (χ1) is 16.7. The van der Waals surface area contributed by atoms with Crippen molar-refractivity contribution in [2.75, 3.05) is 51.3 Å². The monoisotopic (exact) mass is 497 g/mol. The predicted octanol–water partition coefficient (Wildman–Crippen LogP) is 3.05. The normalized spacial score (nSPS) is 14.3. The number of rotatable bonds is 10. The van der Waals surface area contributed by atoms with Gasteiger partial charge in [0.2, 0.25) is 0 Å². The number of β-amino-alcohol motifs (C(OH)–C–C–N with tert-alkyl or cyclic N) is 1. The van der Waals surface area contributed by atoms with Crippen molar-refractivity contribution in [2.24, 2.45) is 0 Å². The Kier molecular flexibility index (Phi) is 10.5. The topological polar surface area (TPSA) is 96.3 Å². The molecule has 0 aromatic heterocycles. The van der Waals surface area contributed by atoms with Crippen molar-refractivity contribution in [3.05, 3.63) is 58.9 Å². The second-order valence-corrected chi connectivity index (χ2v) is 8.35. The number of aryl methyl sites for hydroxylation is 1. The first-order valence-electron chi connectivity index (χ1n) is 11.6.